The van der Waals surface area contributed by atoms with Crippen molar-refractivity contribution in [2.24, 2.45) is 5.92 Å². The topological polar surface area (TPSA) is 62.5 Å². The average molecular weight is 267 g/mol. The van der Waals surface area contributed by atoms with E-state index in [2.05, 4.69) is 19.2 Å². The fraction of sp³-hybridized carbons (Fsp3) is 0.667. The molecule has 2 N–H and O–H groups in total. The Morgan fingerprint density at radius 2 is 2.05 bits per heavy atom. The first kappa shape index (κ1) is 15.8. The molecule has 0 aliphatic heterocycles. The van der Waals surface area contributed by atoms with Crippen molar-refractivity contribution in [2.45, 2.75) is 52.6 Å². The Labute approximate surface area is 115 Å². The minimum atomic E-state index is -1.17. The van der Waals surface area contributed by atoms with E-state index >= 15 is 0 Å². The number of furan rings is 1. The second-order valence-corrected chi connectivity index (χ2v) is 5.35. The minimum Gasteiger partial charge on any atom is -0.463 e. The van der Waals surface area contributed by atoms with Crippen molar-refractivity contribution in [1.29, 1.82) is 0 Å². The van der Waals surface area contributed by atoms with E-state index in [0.717, 1.165) is 18.6 Å². The molecule has 108 valence electrons. The molecule has 1 aromatic heterocycles. The molecule has 4 heteroatoms. The predicted molar refractivity (Wildman–Crippen MR) is 74.7 cm³/mol. The molecule has 0 saturated heterocycles. The molecule has 0 spiro atoms. The summed E-state index contributed by atoms with van der Waals surface area (Å²) in [6.07, 6.45) is 2.51. The Hall–Kier alpha value is -1.29. The van der Waals surface area contributed by atoms with E-state index < -0.39 is 5.60 Å². The van der Waals surface area contributed by atoms with Gasteiger partial charge in [-0.25, -0.2) is 0 Å². The molecule has 0 aliphatic carbocycles. The third-order valence-electron chi connectivity index (χ3n) is 3.53. The fourth-order valence-corrected chi connectivity index (χ4v) is 1.99. The summed E-state index contributed by atoms with van der Waals surface area (Å²) in [7, 11) is 0. The van der Waals surface area contributed by atoms with Gasteiger partial charge in [-0.3, -0.25) is 4.79 Å². The fourth-order valence-electron chi connectivity index (χ4n) is 1.99. The molecule has 1 atom stereocenters. The molecule has 1 unspecified atom stereocenters. The third kappa shape index (κ3) is 4.71. The van der Waals surface area contributed by atoms with E-state index in [1.165, 1.54) is 0 Å². The summed E-state index contributed by atoms with van der Waals surface area (Å²) in [5.41, 5.74) is -1.17. The van der Waals surface area contributed by atoms with Crippen LogP contribution in [0.3, 0.4) is 0 Å². The molecule has 0 saturated carbocycles. The zero-order chi connectivity index (χ0) is 14.5. The van der Waals surface area contributed by atoms with Crippen molar-refractivity contribution >= 4 is 5.91 Å². The van der Waals surface area contributed by atoms with Crippen molar-refractivity contribution in [3.63, 3.8) is 0 Å². The van der Waals surface area contributed by atoms with Crippen molar-refractivity contribution in [3.8, 4) is 0 Å². The highest BCUT2D eigenvalue weighted by atomic mass is 16.4. The third-order valence-corrected chi connectivity index (χ3v) is 3.53. The first-order valence-corrected chi connectivity index (χ1v) is 6.95. The van der Waals surface area contributed by atoms with Crippen molar-refractivity contribution in [3.05, 3.63) is 23.7 Å². The molecule has 0 aromatic carbocycles. The van der Waals surface area contributed by atoms with Crippen LogP contribution in [0.25, 0.3) is 0 Å². The highest BCUT2D eigenvalue weighted by Gasteiger charge is 2.27. The average Bonchev–Trinajstić information content (AvgIpc) is 2.81. The van der Waals surface area contributed by atoms with Gasteiger partial charge in [0, 0.05) is 6.42 Å². The molecule has 0 fully saturated rings. The summed E-state index contributed by atoms with van der Waals surface area (Å²) in [4.78, 5) is 11.8. The van der Waals surface area contributed by atoms with Gasteiger partial charge in [-0.15, -0.1) is 0 Å². The number of amides is 1. The Bertz CT molecular complexity index is 405. The van der Waals surface area contributed by atoms with Crippen LogP contribution in [0.15, 0.2) is 16.5 Å². The Morgan fingerprint density at radius 3 is 2.53 bits per heavy atom. The number of hydrogen-bond donors (Lipinski definition) is 2. The van der Waals surface area contributed by atoms with Gasteiger partial charge in [0.25, 0.3) is 0 Å². The molecule has 0 bridgehead atoms. The van der Waals surface area contributed by atoms with Crippen LogP contribution in [0.2, 0.25) is 0 Å². The first-order valence-electron chi connectivity index (χ1n) is 6.95. The summed E-state index contributed by atoms with van der Waals surface area (Å²) in [6.45, 7) is 7.80. The zero-order valence-electron chi connectivity index (χ0n) is 12.3. The van der Waals surface area contributed by atoms with E-state index in [-0.39, 0.29) is 12.5 Å². The van der Waals surface area contributed by atoms with Crippen LogP contribution in [-0.2, 0) is 10.4 Å². The van der Waals surface area contributed by atoms with Crippen LogP contribution >= 0.6 is 0 Å². The number of aryl methyl sites for hydroxylation is 1. The maximum atomic E-state index is 11.8. The highest BCUT2D eigenvalue weighted by molar-refractivity contribution is 5.76. The van der Waals surface area contributed by atoms with Gasteiger partial charge >= 0.3 is 0 Å². The highest BCUT2D eigenvalue weighted by Crippen LogP contribution is 2.22. The molecule has 4 nitrogen and oxygen atoms in total. The Balaban J connectivity index is 2.49. The summed E-state index contributed by atoms with van der Waals surface area (Å²) >= 11 is 0. The number of carbonyl (C=O) groups is 1. The van der Waals surface area contributed by atoms with Crippen molar-refractivity contribution in [1.82, 2.24) is 5.32 Å². The number of rotatable bonds is 7. The first-order chi connectivity index (χ1) is 8.89. The molecule has 1 amide bonds. The lowest BCUT2D eigenvalue weighted by Crippen LogP contribution is -2.38. The number of hydrogen-bond acceptors (Lipinski definition) is 3. The number of aliphatic hydroxyl groups is 1. The standard InChI is InChI=1S/C15H25NO3/c1-5-12(6-2)9-14(17)16-10-15(4,18)13-8-7-11(3)19-13/h7-8,12,18H,5-6,9-10H2,1-4H3,(H,16,17). The number of carbonyl (C=O) groups excluding carboxylic acids is 1. The van der Waals surface area contributed by atoms with Crippen molar-refractivity contribution in [2.75, 3.05) is 6.54 Å². The number of nitrogens with one attached hydrogen (secondary N) is 1. The summed E-state index contributed by atoms with van der Waals surface area (Å²) in [5.74, 6) is 1.62. The second-order valence-electron chi connectivity index (χ2n) is 5.35. The minimum absolute atomic E-state index is 0.0164. The van der Waals surface area contributed by atoms with Crippen LogP contribution in [0, 0.1) is 12.8 Å². The van der Waals surface area contributed by atoms with E-state index in [0.29, 0.717) is 18.1 Å². The monoisotopic (exact) mass is 267 g/mol. The van der Waals surface area contributed by atoms with Crippen LogP contribution in [0.4, 0.5) is 0 Å². The zero-order valence-corrected chi connectivity index (χ0v) is 12.3. The quantitative estimate of drug-likeness (QED) is 0.798. The molecule has 19 heavy (non-hydrogen) atoms. The maximum absolute atomic E-state index is 11.8. The van der Waals surface area contributed by atoms with E-state index in [1.54, 1.807) is 19.1 Å². The van der Waals surface area contributed by atoms with Gasteiger partial charge in [-0.1, -0.05) is 26.7 Å². The van der Waals surface area contributed by atoms with E-state index in [9.17, 15) is 9.90 Å². The predicted octanol–water partition coefficient (Wildman–Crippen LogP) is 2.74. The van der Waals surface area contributed by atoms with Crippen LogP contribution in [0.1, 0.15) is 51.6 Å². The Morgan fingerprint density at radius 1 is 1.42 bits per heavy atom. The van der Waals surface area contributed by atoms with E-state index in [4.69, 9.17) is 4.42 Å². The summed E-state index contributed by atoms with van der Waals surface area (Å²) in [5, 5.41) is 13.1. The van der Waals surface area contributed by atoms with Crippen molar-refractivity contribution < 1.29 is 14.3 Å². The second kappa shape index (κ2) is 6.75. The molecular weight excluding hydrogens is 242 g/mol. The van der Waals surface area contributed by atoms with Gasteiger partial charge in [0.2, 0.25) is 5.91 Å². The van der Waals surface area contributed by atoms with Crippen LogP contribution < -0.4 is 5.32 Å². The van der Waals surface area contributed by atoms with Gasteiger partial charge in [0.05, 0.1) is 6.54 Å². The largest absolute Gasteiger partial charge is 0.463 e. The van der Waals surface area contributed by atoms with Gasteiger partial charge < -0.3 is 14.8 Å². The van der Waals surface area contributed by atoms with Gasteiger partial charge in [-0.05, 0) is 31.9 Å². The summed E-state index contributed by atoms with van der Waals surface area (Å²) in [6, 6.07) is 3.54. The summed E-state index contributed by atoms with van der Waals surface area (Å²) < 4.78 is 5.40. The molecule has 1 heterocycles. The molecule has 0 aliphatic rings. The lowest BCUT2D eigenvalue weighted by Gasteiger charge is -2.22. The van der Waals surface area contributed by atoms with Crippen LogP contribution in [0.5, 0.6) is 0 Å². The van der Waals surface area contributed by atoms with Gasteiger partial charge in [-0.2, -0.15) is 0 Å². The van der Waals surface area contributed by atoms with Gasteiger partial charge in [0.1, 0.15) is 17.1 Å². The lowest BCUT2D eigenvalue weighted by molar-refractivity contribution is -0.123. The molecule has 1 aromatic rings. The molecule has 0 radical (unpaired) electrons. The molecular formula is C15H25NO3. The Kier molecular flexibility index (Phi) is 5.60. The normalized spacial score (nSPS) is 14.4. The molecule has 1 rings (SSSR count). The van der Waals surface area contributed by atoms with Crippen LogP contribution in [-0.4, -0.2) is 17.6 Å². The van der Waals surface area contributed by atoms with E-state index in [1.807, 2.05) is 6.92 Å². The SMILES string of the molecule is CCC(CC)CC(=O)NCC(C)(O)c1ccc(C)o1. The smallest absolute Gasteiger partial charge is 0.220 e. The van der Waals surface area contributed by atoms with Gasteiger partial charge in [0.15, 0.2) is 0 Å². The lowest BCUT2D eigenvalue weighted by atomic mass is 9.98. The maximum Gasteiger partial charge on any atom is 0.220 e.